The van der Waals surface area contributed by atoms with Gasteiger partial charge in [0.15, 0.2) is 0 Å². The topological polar surface area (TPSA) is 86.3 Å². The van der Waals surface area contributed by atoms with E-state index in [1.807, 2.05) is 0 Å². The number of non-ortho nitro benzene ring substituents is 1. The van der Waals surface area contributed by atoms with E-state index in [4.69, 9.17) is 0 Å². The second-order valence-electron chi connectivity index (χ2n) is 4.18. The van der Waals surface area contributed by atoms with Crippen LogP contribution in [0, 0.1) is 20.2 Å². The van der Waals surface area contributed by atoms with Crippen molar-refractivity contribution in [1.29, 1.82) is 0 Å². The molecule has 6 nitrogen and oxygen atoms in total. The Morgan fingerprint density at radius 2 is 1.60 bits per heavy atom. The molecular formula is C12H8Br2N2O4. The van der Waals surface area contributed by atoms with Crippen LogP contribution in [0.1, 0.15) is 12.0 Å². The molecule has 2 rings (SSSR count). The SMILES string of the molecule is O=[N+]([O-])C1=CC=C(c2ccc([N+](=O)[O-])cc2)C(Br)(Br)C1. The van der Waals surface area contributed by atoms with Gasteiger partial charge in [-0.1, -0.05) is 31.9 Å². The van der Waals surface area contributed by atoms with Crippen molar-refractivity contribution in [3.63, 3.8) is 0 Å². The summed E-state index contributed by atoms with van der Waals surface area (Å²) >= 11 is 6.84. The first-order valence-electron chi connectivity index (χ1n) is 5.49. The fourth-order valence-corrected chi connectivity index (χ4v) is 3.18. The van der Waals surface area contributed by atoms with Gasteiger partial charge in [-0.05, 0) is 29.3 Å². The maximum Gasteiger partial charge on any atom is 0.269 e. The van der Waals surface area contributed by atoms with Gasteiger partial charge in [-0.2, -0.15) is 0 Å². The van der Waals surface area contributed by atoms with Gasteiger partial charge in [0.2, 0.25) is 5.70 Å². The van der Waals surface area contributed by atoms with E-state index in [0.29, 0.717) is 0 Å². The van der Waals surface area contributed by atoms with Crippen LogP contribution in [-0.4, -0.2) is 13.1 Å². The van der Waals surface area contributed by atoms with Crippen molar-refractivity contribution in [3.8, 4) is 0 Å². The molecule has 20 heavy (non-hydrogen) atoms. The summed E-state index contributed by atoms with van der Waals surface area (Å²) < 4.78 is -0.757. The molecule has 1 aliphatic carbocycles. The number of nitro benzene ring substituents is 1. The van der Waals surface area contributed by atoms with Crippen LogP contribution in [0.15, 0.2) is 42.1 Å². The molecule has 0 atom stereocenters. The highest BCUT2D eigenvalue weighted by atomic mass is 79.9. The number of nitro groups is 2. The Hall–Kier alpha value is -1.54. The van der Waals surface area contributed by atoms with Crippen LogP contribution in [0.25, 0.3) is 5.57 Å². The summed E-state index contributed by atoms with van der Waals surface area (Å²) in [5, 5.41) is 21.4. The molecule has 0 radical (unpaired) electrons. The van der Waals surface area contributed by atoms with E-state index in [2.05, 4.69) is 31.9 Å². The average Bonchev–Trinajstić information content (AvgIpc) is 2.37. The first kappa shape index (κ1) is 14.9. The van der Waals surface area contributed by atoms with Crippen molar-refractivity contribution >= 4 is 43.1 Å². The molecule has 0 aromatic heterocycles. The summed E-state index contributed by atoms with van der Waals surface area (Å²) in [7, 11) is 0. The van der Waals surface area contributed by atoms with Crippen molar-refractivity contribution in [3.05, 3.63) is 67.9 Å². The van der Waals surface area contributed by atoms with Crippen molar-refractivity contribution in [2.24, 2.45) is 0 Å². The van der Waals surface area contributed by atoms with E-state index >= 15 is 0 Å². The molecule has 1 aromatic carbocycles. The van der Waals surface area contributed by atoms with E-state index < -0.39 is 13.1 Å². The van der Waals surface area contributed by atoms with Crippen LogP contribution in [0.4, 0.5) is 5.69 Å². The quantitative estimate of drug-likeness (QED) is 0.433. The standard InChI is InChI=1S/C12H8Br2N2O4/c13-12(14)7-10(16(19)20)5-6-11(12)8-1-3-9(4-2-8)15(17)18/h1-6H,7H2. The van der Waals surface area contributed by atoms with Crippen LogP contribution < -0.4 is 0 Å². The monoisotopic (exact) mass is 402 g/mol. The number of rotatable bonds is 3. The van der Waals surface area contributed by atoms with Gasteiger partial charge in [-0.25, -0.2) is 0 Å². The minimum absolute atomic E-state index is 0.00132. The lowest BCUT2D eigenvalue weighted by molar-refractivity contribution is -0.427. The third-order valence-corrected chi connectivity index (χ3v) is 4.28. The fraction of sp³-hybridized carbons (Fsp3) is 0.167. The van der Waals surface area contributed by atoms with E-state index in [1.54, 1.807) is 18.2 Å². The molecule has 0 N–H and O–H groups in total. The van der Waals surface area contributed by atoms with E-state index in [0.717, 1.165) is 11.1 Å². The van der Waals surface area contributed by atoms with Gasteiger partial charge >= 0.3 is 0 Å². The van der Waals surface area contributed by atoms with Gasteiger partial charge in [0.1, 0.15) is 3.23 Å². The van der Waals surface area contributed by atoms with Crippen molar-refractivity contribution in [2.75, 3.05) is 0 Å². The third-order valence-electron chi connectivity index (χ3n) is 2.86. The van der Waals surface area contributed by atoms with Crippen molar-refractivity contribution < 1.29 is 9.85 Å². The van der Waals surface area contributed by atoms with Crippen LogP contribution in [0.3, 0.4) is 0 Å². The lowest BCUT2D eigenvalue weighted by Gasteiger charge is -2.25. The first-order valence-corrected chi connectivity index (χ1v) is 7.08. The first-order chi connectivity index (χ1) is 9.31. The predicted octanol–water partition coefficient (Wildman–Crippen LogP) is 4.03. The van der Waals surface area contributed by atoms with Crippen LogP contribution in [0.5, 0.6) is 0 Å². The van der Waals surface area contributed by atoms with Crippen LogP contribution >= 0.6 is 31.9 Å². The zero-order valence-corrected chi connectivity index (χ0v) is 13.1. The van der Waals surface area contributed by atoms with Crippen LogP contribution in [0.2, 0.25) is 0 Å². The van der Waals surface area contributed by atoms with Crippen LogP contribution in [-0.2, 0) is 0 Å². The lowest BCUT2D eigenvalue weighted by atomic mass is 9.95. The van der Waals surface area contributed by atoms with Gasteiger partial charge in [0.25, 0.3) is 5.69 Å². The summed E-state index contributed by atoms with van der Waals surface area (Å²) in [6.45, 7) is 0. The van der Waals surface area contributed by atoms with E-state index in [-0.39, 0.29) is 17.8 Å². The van der Waals surface area contributed by atoms with Crippen molar-refractivity contribution in [2.45, 2.75) is 9.65 Å². The predicted molar refractivity (Wildman–Crippen MR) is 81.4 cm³/mol. The lowest BCUT2D eigenvalue weighted by Crippen LogP contribution is -2.20. The minimum atomic E-state index is -0.757. The van der Waals surface area contributed by atoms with Gasteiger partial charge in [-0.15, -0.1) is 0 Å². The maximum atomic E-state index is 10.8. The van der Waals surface area contributed by atoms with E-state index in [1.165, 1.54) is 18.2 Å². The third kappa shape index (κ3) is 2.96. The second-order valence-corrected chi connectivity index (χ2v) is 7.95. The molecule has 0 aliphatic heterocycles. The minimum Gasteiger partial charge on any atom is -0.259 e. The summed E-state index contributed by atoms with van der Waals surface area (Å²) in [6, 6.07) is 6.04. The Kier molecular flexibility index (Phi) is 4.05. The molecule has 0 fully saturated rings. The smallest absolute Gasteiger partial charge is 0.259 e. The van der Waals surface area contributed by atoms with Gasteiger partial charge in [0, 0.05) is 18.2 Å². The number of hydrogen-bond acceptors (Lipinski definition) is 4. The highest BCUT2D eigenvalue weighted by molar-refractivity contribution is 9.25. The molecule has 0 unspecified atom stereocenters. The Morgan fingerprint density at radius 3 is 2.05 bits per heavy atom. The molecule has 1 aliphatic rings. The molecule has 0 saturated carbocycles. The van der Waals surface area contributed by atoms with Crippen molar-refractivity contribution in [1.82, 2.24) is 0 Å². The molecule has 1 aromatic rings. The number of allylic oxidation sites excluding steroid dienone is 4. The highest BCUT2D eigenvalue weighted by Gasteiger charge is 2.36. The molecule has 0 heterocycles. The van der Waals surface area contributed by atoms with Gasteiger partial charge in [0.05, 0.1) is 16.3 Å². The normalized spacial score (nSPS) is 17.1. The molecule has 104 valence electrons. The van der Waals surface area contributed by atoms with E-state index in [9.17, 15) is 20.2 Å². The van der Waals surface area contributed by atoms with Gasteiger partial charge < -0.3 is 0 Å². The fourth-order valence-electron chi connectivity index (χ4n) is 1.88. The molecular weight excluding hydrogens is 396 g/mol. The summed E-state index contributed by atoms with van der Waals surface area (Å²) in [5.74, 6) is 0. The summed E-state index contributed by atoms with van der Waals surface area (Å²) in [6.07, 6.45) is 3.24. The van der Waals surface area contributed by atoms with Gasteiger partial charge in [-0.3, -0.25) is 20.2 Å². The number of nitrogens with zero attached hydrogens (tertiary/aromatic N) is 2. The number of alkyl halides is 2. The Morgan fingerprint density at radius 1 is 1.00 bits per heavy atom. The number of hydrogen-bond donors (Lipinski definition) is 0. The Labute approximate surface area is 130 Å². The largest absolute Gasteiger partial charge is 0.269 e. The maximum absolute atomic E-state index is 10.8. The zero-order chi connectivity index (χ0) is 14.9. The molecule has 0 bridgehead atoms. The molecule has 0 amide bonds. The molecule has 0 spiro atoms. The summed E-state index contributed by atoms with van der Waals surface area (Å²) in [4.78, 5) is 20.5. The highest BCUT2D eigenvalue weighted by Crippen LogP contribution is 2.47. The molecule has 8 heteroatoms. The number of halogens is 2. The molecule has 0 saturated heterocycles. The Balaban J connectivity index is 2.40. The number of benzene rings is 1. The Bertz CT molecular complexity index is 635. The average molecular weight is 404 g/mol. The zero-order valence-electron chi connectivity index (χ0n) is 9.95. The second kappa shape index (κ2) is 5.45. The summed E-state index contributed by atoms with van der Waals surface area (Å²) in [5.41, 5.74) is 1.62.